The summed E-state index contributed by atoms with van der Waals surface area (Å²) >= 11 is 0. The van der Waals surface area contributed by atoms with E-state index in [4.69, 9.17) is 14.2 Å². The van der Waals surface area contributed by atoms with E-state index in [0.29, 0.717) is 24.5 Å². The van der Waals surface area contributed by atoms with Gasteiger partial charge in [-0.05, 0) is 61.2 Å². The Labute approximate surface area is 188 Å². The fourth-order valence-electron chi connectivity index (χ4n) is 2.75. The zero-order valence-electron chi connectivity index (χ0n) is 18.6. The predicted octanol–water partition coefficient (Wildman–Crippen LogP) is 1.50. The monoisotopic (exact) mass is 464 g/mol. The number of benzene rings is 2. The van der Waals surface area contributed by atoms with Gasteiger partial charge in [0.15, 0.2) is 18.1 Å². The Bertz CT molecular complexity index is 1070. The van der Waals surface area contributed by atoms with E-state index in [-0.39, 0.29) is 4.90 Å². The summed E-state index contributed by atoms with van der Waals surface area (Å²) in [5.41, 5.74) is 2.71. The Balaban J connectivity index is 1.73. The summed E-state index contributed by atoms with van der Waals surface area (Å²) in [5, 5.41) is 2.64. The van der Waals surface area contributed by atoms with Crippen LogP contribution in [0, 0.1) is 13.8 Å². The smallest absolute Gasteiger partial charge is 0.321 e. The first-order chi connectivity index (χ1) is 15.2. The minimum absolute atomic E-state index is 0.0568. The van der Waals surface area contributed by atoms with Gasteiger partial charge in [-0.2, -0.15) is 4.72 Å². The Morgan fingerprint density at radius 2 is 1.66 bits per heavy atom. The molecule has 0 saturated heterocycles. The molecule has 0 fully saturated rings. The van der Waals surface area contributed by atoms with Crippen molar-refractivity contribution in [3.63, 3.8) is 0 Å². The summed E-state index contributed by atoms with van der Waals surface area (Å²) in [5.74, 6) is -0.142. The average Bonchev–Trinajstić information content (AvgIpc) is 2.77. The number of sulfonamides is 1. The van der Waals surface area contributed by atoms with Crippen LogP contribution in [0.1, 0.15) is 16.7 Å². The highest BCUT2D eigenvalue weighted by molar-refractivity contribution is 7.89. The molecule has 2 rings (SSSR count). The number of nitrogens with one attached hydrogen (secondary N) is 2. The summed E-state index contributed by atoms with van der Waals surface area (Å²) in [6.45, 7) is 2.91. The molecule has 0 aromatic heterocycles. The molecule has 0 heterocycles. The molecule has 0 aliphatic carbocycles. The van der Waals surface area contributed by atoms with Crippen molar-refractivity contribution >= 4 is 21.9 Å². The van der Waals surface area contributed by atoms with Crippen molar-refractivity contribution in [3.8, 4) is 11.5 Å². The topological polar surface area (TPSA) is 120 Å². The fraction of sp³-hybridized carbons (Fsp3) is 0.364. The first-order valence-electron chi connectivity index (χ1n) is 9.86. The maximum Gasteiger partial charge on any atom is 0.321 e. The minimum Gasteiger partial charge on any atom is -0.493 e. The van der Waals surface area contributed by atoms with E-state index in [1.165, 1.54) is 12.1 Å². The number of ether oxygens (including phenoxy) is 3. The van der Waals surface area contributed by atoms with E-state index < -0.39 is 35.1 Å². The molecular formula is C22H28N2O7S. The van der Waals surface area contributed by atoms with Crippen LogP contribution in [0.5, 0.6) is 11.5 Å². The SMILES string of the molecule is COc1ccc(CCNC(=O)COC(=O)CNS(=O)(=O)c2ccc(C)c(C)c2)cc1OC. The molecule has 0 radical (unpaired) electrons. The second-order valence-corrected chi connectivity index (χ2v) is 8.79. The molecule has 174 valence electrons. The number of rotatable bonds is 11. The number of aryl methyl sites for hydroxylation is 2. The second kappa shape index (κ2) is 11.5. The van der Waals surface area contributed by atoms with Crippen molar-refractivity contribution in [1.29, 1.82) is 0 Å². The van der Waals surface area contributed by atoms with E-state index in [2.05, 4.69) is 10.0 Å². The van der Waals surface area contributed by atoms with Gasteiger partial charge in [0.25, 0.3) is 5.91 Å². The highest BCUT2D eigenvalue weighted by Crippen LogP contribution is 2.27. The molecule has 1 amide bonds. The van der Waals surface area contributed by atoms with Crippen LogP contribution >= 0.6 is 0 Å². The van der Waals surface area contributed by atoms with Gasteiger partial charge in [0, 0.05) is 6.54 Å². The Morgan fingerprint density at radius 3 is 2.31 bits per heavy atom. The van der Waals surface area contributed by atoms with Crippen LogP contribution in [0.2, 0.25) is 0 Å². The van der Waals surface area contributed by atoms with Gasteiger partial charge in [-0.1, -0.05) is 12.1 Å². The highest BCUT2D eigenvalue weighted by atomic mass is 32.2. The molecule has 0 unspecified atom stereocenters. The Morgan fingerprint density at radius 1 is 0.938 bits per heavy atom. The first-order valence-corrected chi connectivity index (χ1v) is 11.3. The van der Waals surface area contributed by atoms with Gasteiger partial charge in [-0.15, -0.1) is 0 Å². The third-order valence-electron chi connectivity index (χ3n) is 4.74. The van der Waals surface area contributed by atoms with Crippen molar-refractivity contribution in [2.75, 3.05) is 33.9 Å². The molecule has 2 N–H and O–H groups in total. The van der Waals surface area contributed by atoms with Crippen LogP contribution in [0.4, 0.5) is 0 Å². The van der Waals surface area contributed by atoms with Crippen LogP contribution in [-0.4, -0.2) is 54.2 Å². The van der Waals surface area contributed by atoms with E-state index in [1.54, 1.807) is 33.3 Å². The predicted molar refractivity (Wildman–Crippen MR) is 118 cm³/mol. The molecule has 0 saturated carbocycles. The van der Waals surface area contributed by atoms with Crippen LogP contribution in [0.15, 0.2) is 41.3 Å². The molecule has 0 bridgehead atoms. The number of hydrogen-bond donors (Lipinski definition) is 2. The summed E-state index contributed by atoms with van der Waals surface area (Å²) in [6, 6.07) is 10.1. The largest absolute Gasteiger partial charge is 0.493 e. The summed E-state index contributed by atoms with van der Waals surface area (Å²) in [4.78, 5) is 23.8. The molecule has 0 aliphatic heterocycles. The van der Waals surface area contributed by atoms with E-state index >= 15 is 0 Å². The lowest BCUT2D eigenvalue weighted by atomic mass is 10.1. The van der Waals surface area contributed by atoms with Gasteiger partial charge >= 0.3 is 5.97 Å². The van der Waals surface area contributed by atoms with Crippen LogP contribution in [-0.2, 0) is 30.8 Å². The van der Waals surface area contributed by atoms with E-state index in [9.17, 15) is 18.0 Å². The molecular weight excluding hydrogens is 436 g/mol. The summed E-state index contributed by atoms with van der Waals surface area (Å²) in [6.07, 6.45) is 0.538. The number of esters is 1. The van der Waals surface area contributed by atoms with Crippen molar-refractivity contribution in [3.05, 3.63) is 53.1 Å². The highest BCUT2D eigenvalue weighted by Gasteiger charge is 2.17. The van der Waals surface area contributed by atoms with Crippen LogP contribution < -0.4 is 19.5 Å². The Kier molecular flexibility index (Phi) is 9.03. The first kappa shape index (κ1) is 25.2. The van der Waals surface area contributed by atoms with E-state index in [0.717, 1.165) is 16.7 Å². The molecule has 2 aromatic carbocycles. The quantitative estimate of drug-likeness (QED) is 0.484. The molecule has 0 spiro atoms. The maximum absolute atomic E-state index is 12.3. The van der Waals surface area contributed by atoms with Gasteiger partial charge in [0.2, 0.25) is 10.0 Å². The second-order valence-electron chi connectivity index (χ2n) is 7.02. The fourth-order valence-corrected chi connectivity index (χ4v) is 3.80. The summed E-state index contributed by atoms with van der Waals surface area (Å²) in [7, 11) is -0.769. The van der Waals surface area contributed by atoms with Crippen molar-refractivity contribution in [2.24, 2.45) is 0 Å². The summed E-state index contributed by atoms with van der Waals surface area (Å²) < 4.78 is 42.0. The third kappa shape index (κ3) is 7.24. The van der Waals surface area contributed by atoms with Gasteiger partial charge in [0.05, 0.1) is 19.1 Å². The molecule has 0 aliphatic rings. The average molecular weight is 465 g/mol. The standard InChI is InChI=1S/C22H28N2O7S/c1-15-5-7-18(11-16(15)2)32(27,28)24-13-22(26)31-14-21(25)23-10-9-17-6-8-19(29-3)20(12-17)30-4/h5-8,11-12,24H,9-10,13-14H2,1-4H3,(H,23,25). The van der Waals surface area contributed by atoms with Crippen molar-refractivity contribution < 1.29 is 32.2 Å². The van der Waals surface area contributed by atoms with E-state index in [1.807, 2.05) is 19.1 Å². The lowest BCUT2D eigenvalue weighted by Crippen LogP contribution is -2.34. The van der Waals surface area contributed by atoms with Gasteiger partial charge in [-0.3, -0.25) is 9.59 Å². The van der Waals surface area contributed by atoms with Crippen LogP contribution in [0.25, 0.3) is 0 Å². The minimum atomic E-state index is -3.86. The number of carbonyl (C=O) groups excluding carboxylic acids is 2. The lowest BCUT2D eigenvalue weighted by molar-refractivity contribution is -0.147. The third-order valence-corrected chi connectivity index (χ3v) is 6.14. The molecule has 2 aromatic rings. The van der Waals surface area contributed by atoms with Crippen LogP contribution in [0.3, 0.4) is 0 Å². The Hall–Kier alpha value is -3.11. The zero-order valence-corrected chi connectivity index (χ0v) is 19.4. The number of methoxy groups -OCH3 is 2. The molecule has 9 nitrogen and oxygen atoms in total. The van der Waals surface area contributed by atoms with Gasteiger partial charge in [-0.25, -0.2) is 8.42 Å². The van der Waals surface area contributed by atoms with Gasteiger partial charge < -0.3 is 19.5 Å². The molecule has 10 heteroatoms. The lowest BCUT2D eigenvalue weighted by Gasteiger charge is -2.11. The normalized spacial score (nSPS) is 11.0. The zero-order chi connectivity index (χ0) is 23.7. The maximum atomic E-state index is 12.3. The van der Waals surface area contributed by atoms with Crippen molar-refractivity contribution in [2.45, 2.75) is 25.2 Å². The number of hydrogen-bond acceptors (Lipinski definition) is 7. The van der Waals surface area contributed by atoms with Gasteiger partial charge in [0.1, 0.15) is 6.54 Å². The number of amides is 1. The number of carbonyl (C=O) groups is 2. The molecule has 32 heavy (non-hydrogen) atoms. The molecule has 0 atom stereocenters. The van der Waals surface area contributed by atoms with Crippen molar-refractivity contribution in [1.82, 2.24) is 10.0 Å².